The molecule has 0 radical (unpaired) electrons. The van der Waals surface area contributed by atoms with Gasteiger partial charge in [-0.25, -0.2) is 0 Å². The first-order chi connectivity index (χ1) is 7.90. The Kier molecular flexibility index (Phi) is 5.94. The van der Waals surface area contributed by atoms with Crippen LogP contribution in [0.4, 0.5) is 0 Å². The number of hydrogen-bond acceptors (Lipinski definition) is 2. The summed E-state index contributed by atoms with van der Waals surface area (Å²) in [6.07, 6.45) is 3.84. The van der Waals surface area contributed by atoms with Gasteiger partial charge >= 0.3 is 0 Å². The molecule has 2 N–H and O–H groups in total. The van der Waals surface area contributed by atoms with E-state index in [4.69, 9.17) is 5.73 Å². The summed E-state index contributed by atoms with van der Waals surface area (Å²) < 4.78 is 0. The number of nitrogens with two attached hydrogens (primary N) is 1. The molecule has 2 heteroatoms. The largest absolute Gasteiger partial charge is 0.327 e. The standard InChI is InChI=1S/C15H32N2/c1-11(2)8-14(9-12(3)4)17-7-6-15(16)13(5)10-17/h11-15H,6-10,16H2,1-5H3. The molecule has 1 aliphatic heterocycles. The van der Waals surface area contributed by atoms with Crippen LogP contribution in [0.1, 0.15) is 53.9 Å². The summed E-state index contributed by atoms with van der Waals surface area (Å²) in [6, 6.07) is 1.19. The summed E-state index contributed by atoms with van der Waals surface area (Å²) in [4.78, 5) is 2.70. The zero-order valence-electron chi connectivity index (χ0n) is 12.4. The van der Waals surface area contributed by atoms with Crippen molar-refractivity contribution in [2.24, 2.45) is 23.5 Å². The van der Waals surface area contributed by atoms with E-state index in [-0.39, 0.29) is 0 Å². The van der Waals surface area contributed by atoms with Gasteiger partial charge in [-0.1, -0.05) is 34.6 Å². The van der Waals surface area contributed by atoms with Gasteiger partial charge in [0.05, 0.1) is 0 Å². The molecule has 0 aromatic carbocycles. The Hall–Kier alpha value is -0.0800. The molecule has 0 saturated carbocycles. The van der Waals surface area contributed by atoms with Crippen LogP contribution < -0.4 is 5.73 Å². The van der Waals surface area contributed by atoms with E-state index in [1.165, 1.54) is 32.4 Å². The van der Waals surface area contributed by atoms with E-state index in [2.05, 4.69) is 39.5 Å². The SMILES string of the molecule is CC(C)CC(CC(C)C)N1CCC(N)C(C)C1. The van der Waals surface area contributed by atoms with Gasteiger partial charge in [0, 0.05) is 18.6 Å². The van der Waals surface area contributed by atoms with Crippen LogP contribution in [0.3, 0.4) is 0 Å². The molecule has 0 spiro atoms. The van der Waals surface area contributed by atoms with Crippen LogP contribution in [0.15, 0.2) is 0 Å². The Morgan fingerprint density at radius 2 is 1.65 bits per heavy atom. The van der Waals surface area contributed by atoms with E-state index in [1.54, 1.807) is 0 Å². The van der Waals surface area contributed by atoms with Gasteiger partial charge in [0.25, 0.3) is 0 Å². The van der Waals surface area contributed by atoms with Crippen molar-refractivity contribution in [2.45, 2.75) is 66.0 Å². The maximum Gasteiger partial charge on any atom is 0.0100 e. The van der Waals surface area contributed by atoms with Crippen molar-refractivity contribution in [3.8, 4) is 0 Å². The minimum Gasteiger partial charge on any atom is -0.327 e. The number of hydrogen-bond donors (Lipinski definition) is 1. The van der Waals surface area contributed by atoms with Crippen molar-refractivity contribution in [3.63, 3.8) is 0 Å². The molecule has 0 aliphatic carbocycles. The molecule has 1 aliphatic rings. The third-order valence-electron chi connectivity index (χ3n) is 4.01. The maximum atomic E-state index is 6.12. The molecule has 0 aromatic heterocycles. The Labute approximate surface area is 108 Å². The van der Waals surface area contributed by atoms with E-state index < -0.39 is 0 Å². The second-order valence-electron chi connectivity index (χ2n) is 6.84. The Balaban J connectivity index is 2.56. The van der Waals surface area contributed by atoms with Crippen molar-refractivity contribution >= 4 is 0 Å². The normalized spacial score (nSPS) is 27.4. The third-order valence-corrected chi connectivity index (χ3v) is 4.01. The van der Waals surface area contributed by atoms with Gasteiger partial charge in [0.15, 0.2) is 0 Å². The highest BCUT2D eigenvalue weighted by atomic mass is 15.2. The molecule has 2 unspecified atom stereocenters. The Morgan fingerprint density at radius 3 is 2.06 bits per heavy atom. The van der Waals surface area contributed by atoms with Crippen molar-refractivity contribution in [3.05, 3.63) is 0 Å². The quantitative estimate of drug-likeness (QED) is 0.800. The van der Waals surface area contributed by atoms with E-state index in [0.717, 1.165) is 17.9 Å². The van der Waals surface area contributed by atoms with E-state index in [9.17, 15) is 0 Å². The van der Waals surface area contributed by atoms with Crippen molar-refractivity contribution in [1.29, 1.82) is 0 Å². The first kappa shape index (κ1) is 15.0. The molecule has 2 nitrogen and oxygen atoms in total. The first-order valence-electron chi connectivity index (χ1n) is 7.39. The molecule has 0 aromatic rings. The number of likely N-dealkylation sites (tertiary alicyclic amines) is 1. The fourth-order valence-corrected chi connectivity index (χ4v) is 3.01. The molecule has 1 rings (SSSR count). The zero-order chi connectivity index (χ0) is 13.0. The smallest absolute Gasteiger partial charge is 0.0100 e. The average Bonchev–Trinajstić information content (AvgIpc) is 2.19. The highest BCUT2D eigenvalue weighted by Gasteiger charge is 2.28. The Morgan fingerprint density at radius 1 is 1.12 bits per heavy atom. The van der Waals surface area contributed by atoms with Crippen LogP contribution >= 0.6 is 0 Å². The number of nitrogens with zero attached hydrogens (tertiary/aromatic N) is 1. The summed E-state index contributed by atoms with van der Waals surface area (Å²) in [5, 5.41) is 0. The molecule has 1 saturated heterocycles. The monoisotopic (exact) mass is 240 g/mol. The minimum atomic E-state index is 0.421. The summed E-state index contributed by atoms with van der Waals surface area (Å²) >= 11 is 0. The lowest BCUT2D eigenvalue weighted by Gasteiger charge is -2.41. The lowest BCUT2D eigenvalue weighted by Crippen LogP contribution is -2.50. The highest BCUT2D eigenvalue weighted by Crippen LogP contribution is 2.24. The van der Waals surface area contributed by atoms with Gasteiger partial charge in [0.2, 0.25) is 0 Å². The molecule has 17 heavy (non-hydrogen) atoms. The molecule has 2 atom stereocenters. The van der Waals surface area contributed by atoms with E-state index >= 15 is 0 Å². The van der Waals surface area contributed by atoms with Crippen molar-refractivity contribution in [2.75, 3.05) is 13.1 Å². The molecule has 0 bridgehead atoms. The molecule has 0 amide bonds. The zero-order valence-corrected chi connectivity index (χ0v) is 12.4. The van der Waals surface area contributed by atoms with Gasteiger partial charge in [-0.05, 0) is 43.6 Å². The van der Waals surface area contributed by atoms with Gasteiger partial charge in [-0.3, -0.25) is 4.90 Å². The third kappa shape index (κ3) is 4.97. The number of piperidine rings is 1. The van der Waals surface area contributed by atoms with Crippen LogP contribution in [-0.2, 0) is 0 Å². The minimum absolute atomic E-state index is 0.421. The predicted octanol–water partition coefficient (Wildman–Crippen LogP) is 3.12. The van der Waals surface area contributed by atoms with Crippen LogP contribution in [0.5, 0.6) is 0 Å². The molecule has 1 fully saturated rings. The van der Waals surface area contributed by atoms with Crippen LogP contribution in [0.25, 0.3) is 0 Å². The fourth-order valence-electron chi connectivity index (χ4n) is 3.01. The van der Waals surface area contributed by atoms with Gasteiger partial charge in [-0.15, -0.1) is 0 Å². The molecule has 1 heterocycles. The first-order valence-corrected chi connectivity index (χ1v) is 7.39. The Bertz CT molecular complexity index is 203. The van der Waals surface area contributed by atoms with Gasteiger partial charge in [-0.2, -0.15) is 0 Å². The summed E-state index contributed by atoms with van der Waals surface area (Å²) in [7, 11) is 0. The van der Waals surface area contributed by atoms with Crippen LogP contribution in [0.2, 0.25) is 0 Å². The molecular weight excluding hydrogens is 208 g/mol. The van der Waals surface area contributed by atoms with E-state index in [1.807, 2.05) is 0 Å². The lowest BCUT2D eigenvalue weighted by molar-refractivity contribution is 0.0906. The summed E-state index contributed by atoms with van der Waals surface area (Å²) in [6.45, 7) is 14.1. The molecular formula is C15H32N2. The second kappa shape index (κ2) is 6.75. The maximum absolute atomic E-state index is 6.12. The van der Waals surface area contributed by atoms with Crippen LogP contribution in [0, 0.1) is 17.8 Å². The lowest BCUT2D eigenvalue weighted by atomic mass is 9.89. The second-order valence-corrected chi connectivity index (χ2v) is 6.84. The summed E-state index contributed by atoms with van der Waals surface area (Å²) in [5.41, 5.74) is 6.12. The van der Waals surface area contributed by atoms with Crippen LogP contribution in [-0.4, -0.2) is 30.1 Å². The summed E-state index contributed by atoms with van der Waals surface area (Å²) in [5.74, 6) is 2.25. The van der Waals surface area contributed by atoms with Gasteiger partial charge in [0.1, 0.15) is 0 Å². The topological polar surface area (TPSA) is 29.3 Å². The predicted molar refractivity (Wildman–Crippen MR) is 76.0 cm³/mol. The van der Waals surface area contributed by atoms with Crippen molar-refractivity contribution < 1.29 is 0 Å². The average molecular weight is 240 g/mol. The fraction of sp³-hybridized carbons (Fsp3) is 1.00. The van der Waals surface area contributed by atoms with Gasteiger partial charge < -0.3 is 5.73 Å². The van der Waals surface area contributed by atoms with Crippen molar-refractivity contribution in [1.82, 2.24) is 4.90 Å². The number of rotatable bonds is 5. The highest BCUT2D eigenvalue weighted by molar-refractivity contribution is 4.85. The molecule has 102 valence electrons. The van der Waals surface area contributed by atoms with E-state index in [0.29, 0.717) is 12.0 Å².